The summed E-state index contributed by atoms with van der Waals surface area (Å²) in [7, 11) is -1.77. The van der Waals surface area contributed by atoms with E-state index in [0.717, 1.165) is 45.8 Å². The first-order valence-electron chi connectivity index (χ1n) is 10.3. The van der Waals surface area contributed by atoms with Crippen molar-refractivity contribution in [1.29, 1.82) is 0 Å². The van der Waals surface area contributed by atoms with Crippen molar-refractivity contribution in [3.63, 3.8) is 0 Å². The van der Waals surface area contributed by atoms with Crippen LogP contribution in [0, 0.1) is 6.92 Å². The monoisotopic (exact) mass is 415 g/mol. The lowest BCUT2D eigenvalue weighted by Gasteiger charge is -2.35. The molecule has 1 N–H and O–H groups in total. The van der Waals surface area contributed by atoms with Crippen LogP contribution in [-0.2, 0) is 4.43 Å². The van der Waals surface area contributed by atoms with Gasteiger partial charge in [-0.1, -0.05) is 63.2 Å². The third-order valence-corrected chi connectivity index (χ3v) is 11.3. The highest BCUT2D eigenvalue weighted by Crippen LogP contribution is 2.37. The molecule has 1 aromatic carbocycles. The molecule has 1 aliphatic carbocycles. The summed E-state index contributed by atoms with van der Waals surface area (Å²) >= 11 is 13.3. The second kappa shape index (κ2) is 10.5. The van der Waals surface area contributed by atoms with Crippen LogP contribution < -0.4 is 5.32 Å². The Morgan fingerprint density at radius 2 is 1.58 bits per heavy atom. The molecular formula is C21H35Cl2NOSi. The standard InChI is InChI=1S/C21H35Cl2NOSi/c1-5-26(6-2,7-3)25-20(15-24-17-11-9-8-10-12-17)21-18(22)13-16(4)14-19(21)23/h13-14,17,20,24H,5-12,15H2,1-4H3. The van der Waals surface area contributed by atoms with E-state index in [-0.39, 0.29) is 6.10 Å². The molecule has 26 heavy (non-hydrogen) atoms. The summed E-state index contributed by atoms with van der Waals surface area (Å²) in [6, 6.07) is 7.99. The molecule has 2 nitrogen and oxygen atoms in total. The normalized spacial score (nSPS) is 17.5. The van der Waals surface area contributed by atoms with Crippen LogP contribution in [0.2, 0.25) is 28.2 Å². The molecule has 0 heterocycles. The van der Waals surface area contributed by atoms with Crippen LogP contribution in [-0.4, -0.2) is 20.9 Å². The first-order valence-corrected chi connectivity index (χ1v) is 13.6. The Hall–Kier alpha value is -0.0631. The smallest absolute Gasteiger partial charge is 0.192 e. The average Bonchev–Trinajstić information content (AvgIpc) is 2.64. The van der Waals surface area contributed by atoms with Crippen LogP contribution >= 0.6 is 23.2 Å². The third-order valence-electron chi connectivity index (χ3n) is 6.07. The van der Waals surface area contributed by atoms with Crippen LogP contribution in [0.15, 0.2) is 12.1 Å². The van der Waals surface area contributed by atoms with Gasteiger partial charge in [0.15, 0.2) is 8.32 Å². The molecule has 148 valence electrons. The predicted octanol–water partition coefficient (Wildman–Crippen LogP) is 7.29. The Morgan fingerprint density at radius 3 is 2.08 bits per heavy atom. The van der Waals surface area contributed by atoms with Crippen LogP contribution in [0.4, 0.5) is 0 Å². The average molecular weight is 417 g/mol. The molecule has 0 spiro atoms. The molecule has 1 atom stereocenters. The first-order chi connectivity index (χ1) is 12.4. The van der Waals surface area contributed by atoms with Gasteiger partial charge in [-0.15, -0.1) is 0 Å². The zero-order valence-electron chi connectivity index (χ0n) is 16.8. The second-order valence-corrected chi connectivity index (χ2v) is 13.3. The van der Waals surface area contributed by atoms with Crippen molar-refractivity contribution >= 4 is 31.5 Å². The summed E-state index contributed by atoms with van der Waals surface area (Å²) in [6.45, 7) is 9.62. The van der Waals surface area contributed by atoms with E-state index in [9.17, 15) is 0 Å². The number of benzene rings is 1. The summed E-state index contributed by atoms with van der Waals surface area (Å²) in [4.78, 5) is 0. The van der Waals surface area contributed by atoms with Gasteiger partial charge in [-0.3, -0.25) is 0 Å². The van der Waals surface area contributed by atoms with Gasteiger partial charge in [-0.2, -0.15) is 0 Å². The van der Waals surface area contributed by atoms with Crippen molar-refractivity contribution in [1.82, 2.24) is 5.32 Å². The molecule has 0 bridgehead atoms. The largest absolute Gasteiger partial charge is 0.409 e. The molecule has 1 fully saturated rings. The van der Waals surface area contributed by atoms with E-state index in [0.29, 0.717) is 6.04 Å². The van der Waals surface area contributed by atoms with Crippen molar-refractivity contribution in [2.45, 2.75) is 90.1 Å². The first kappa shape index (κ1) is 22.2. The summed E-state index contributed by atoms with van der Waals surface area (Å²) in [6.07, 6.45) is 6.48. The van der Waals surface area contributed by atoms with Crippen molar-refractivity contribution in [2.24, 2.45) is 0 Å². The summed E-state index contributed by atoms with van der Waals surface area (Å²) in [5.74, 6) is 0. The number of aryl methyl sites for hydroxylation is 1. The number of hydrogen-bond acceptors (Lipinski definition) is 2. The van der Waals surface area contributed by atoms with Gasteiger partial charge in [0.1, 0.15) is 0 Å². The molecule has 1 aliphatic rings. The van der Waals surface area contributed by atoms with Crippen molar-refractivity contribution in [2.75, 3.05) is 6.54 Å². The molecule has 1 aromatic rings. The number of nitrogens with one attached hydrogen (secondary N) is 1. The van der Waals surface area contributed by atoms with Gasteiger partial charge in [0.25, 0.3) is 0 Å². The van der Waals surface area contributed by atoms with Gasteiger partial charge in [0, 0.05) is 28.2 Å². The Balaban J connectivity index is 2.25. The topological polar surface area (TPSA) is 21.3 Å². The SMILES string of the molecule is CC[Si](CC)(CC)OC(CNC1CCCCC1)c1c(Cl)cc(C)cc1Cl. The van der Waals surface area contributed by atoms with Crippen molar-refractivity contribution < 1.29 is 4.43 Å². The zero-order chi connectivity index (χ0) is 19.2. The third kappa shape index (κ3) is 5.72. The van der Waals surface area contributed by atoms with Crippen LogP contribution in [0.25, 0.3) is 0 Å². The van der Waals surface area contributed by atoms with E-state index in [1.165, 1.54) is 32.1 Å². The molecular weight excluding hydrogens is 381 g/mol. The number of rotatable bonds is 9. The maximum absolute atomic E-state index is 6.87. The van der Waals surface area contributed by atoms with Crippen LogP contribution in [0.1, 0.15) is 70.1 Å². The van der Waals surface area contributed by atoms with E-state index in [4.69, 9.17) is 27.6 Å². The Bertz CT molecular complexity index is 540. The van der Waals surface area contributed by atoms with Crippen molar-refractivity contribution in [3.05, 3.63) is 33.3 Å². The summed E-state index contributed by atoms with van der Waals surface area (Å²) < 4.78 is 6.87. The zero-order valence-corrected chi connectivity index (χ0v) is 19.3. The lowest BCUT2D eigenvalue weighted by molar-refractivity contribution is 0.177. The summed E-state index contributed by atoms with van der Waals surface area (Å²) in [5, 5.41) is 5.23. The van der Waals surface area contributed by atoms with E-state index >= 15 is 0 Å². The fourth-order valence-corrected chi connectivity index (χ4v) is 7.75. The molecule has 5 heteroatoms. The fourth-order valence-electron chi connectivity index (χ4n) is 4.10. The minimum Gasteiger partial charge on any atom is -0.409 e. The minimum atomic E-state index is -1.77. The Kier molecular flexibility index (Phi) is 8.95. The molecule has 1 unspecified atom stereocenters. The molecule has 0 radical (unpaired) electrons. The van der Waals surface area contributed by atoms with Gasteiger partial charge >= 0.3 is 0 Å². The molecule has 0 aliphatic heterocycles. The highest BCUT2D eigenvalue weighted by Gasteiger charge is 2.34. The Labute approximate surface area is 171 Å². The van der Waals surface area contributed by atoms with Gasteiger partial charge in [-0.05, 0) is 55.6 Å². The summed E-state index contributed by atoms with van der Waals surface area (Å²) in [5.41, 5.74) is 2.06. The van der Waals surface area contributed by atoms with Crippen molar-refractivity contribution in [3.8, 4) is 0 Å². The van der Waals surface area contributed by atoms with Gasteiger partial charge in [0.2, 0.25) is 0 Å². The fraction of sp³-hybridized carbons (Fsp3) is 0.714. The lowest BCUT2D eigenvalue weighted by Crippen LogP contribution is -2.42. The van der Waals surface area contributed by atoms with Gasteiger partial charge in [0.05, 0.1) is 6.10 Å². The minimum absolute atomic E-state index is 0.0657. The molecule has 0 saturated heterocycles. The molecule has 2 rings (SSSR count). The molecule has 1 saturated carbocycles. The lowest BCUT2D eigenvalue weighted by atomic mass is 9.95. The maximum Gasteiger partial charge on any atom is 0.192 e. The quantitative estimate of drug-likeness (QED) is 0.427. The maximum atomic E-state index is 6.87. The second-order valence-electron chi connectivity index (χ2n) is 7.74. The highest BCUT2D eigenvalue weighted by atomic mass is 35.5. The molecule has 0 amide bonds. The van der Waals surface area contributed by atoms with Crippen LogP contribution in [0.5, 0.6) is 0 Å². The number of hydrogen-bond donors (Lipinski definition) is 1. The van der Waals surface area contributed by atoms with E-state index in [2.05, 4.69) is 26.1 Å². The van der Waals surface area contributed by atoms with Gasteiger partial charge in [-0.25, -0.2) is 0 Å². The number of halogens is 2. The Morgan fingerprint density at radius 1 is 1.04 bits per heavy atom. The van der Waals surface area contributed by atoms with E-state index in [1.807, 2.05) is 19.1 Å². The van der Waals surface area contributed by atoms with Gasteiger partial charge < -0.3 is 9.74 Å². The highest BCUT2D eigenvalue weighted by molar-refractivity contribution is 6.73. The van der Waals surface area contributed by atoms with Crippen LogP contribution in [0.3, 0.4) is 0 Å². The molecule has 0 aromatic heterocycles. The predicted molar refractivity (Wildman–Crippen MR) is 117 cm³/mol. The van der Waals surface area contributed by atoms with E-state index in [1.54, 1.807) is 0 Å². The van der Waals surface area contributed by atoms with E-state index < -0.39 is 8.32 Å².